The summed E-state index contributed by atoms with van der Waals surface area (Å²) in [4.78, 5) is 12.3. The molecule has 1 saturated carbocycles. The molecule has 0 bridgehead atoms. The normalized spacial score (nSPS) is 15.5. The monoisotopic (exact) mass is 274 g/mol. The van der Waals surface area contributed by atoms with Gasteiger partial charge in [-0.1, -0.05) is 12.8 Å². The van der Waals surface area contributed by atoms with Crippen LogP contribution in [0.1, 0.15) is 36.0 Å². The van der Waals surface area contributed by atoms with Crippen LogP contribution in [0.15, 0.2) is 18.2 Å². The maximum atomic E-state index is 12.3. The summed E-state index contributed by atoms with van der Waals surface area (Å²) in [5.74, 6) is 1.33. The second-order valence-corrected chi connectivity index (χ2v) is 6.08. The first-order valence-corrected chi connectivity index (χ1v) is 7.35. The molecular formula is C14H20LiO3P. The van der Waals surface area contributed by atoms with E-state index >= 15 is 0 Å². The molecule has 3 nitrogen and oxygen atoms in total. The van der Waals surface area contributed by atoms with Crippen LogP contribution in [0, 0.1) is 0 Å². The van der Waals surface area contributed by atoms with Crippen molar-refractivity contribution in [2.75, 3.05) is 14.2 Å². The molecule has 1 aliphatic rings. The maximum absolute atomic E-state index is 12.3. The second-order valence-electron chi connectivity index (χ2n) is 4.52. The molecule has 0 saturated heterocycles. The Bertz CT molecular complexity index is 431. The van der Waals surface area contributed by atoms with E-state index in [0.29, 0.717) is 31.3 Å². The molecule has 0 amide bonds. The molecule has 0 aliphatic heterocycles. The summed E-state index contributed by atoms with van der Waals surface area (Å²) in [6.07, 6.45) is 4.93. The molecule has 1 fully saturated rings. The van der Waals surface area contributed by atoms with E-state index < -0.39 is 0 Å². The van der Waals surface area contributed by atoms with Gasteiger partial charge in [0.25, 0.3) is 0 Å². The first-order chi connectivity index (χ1) is 8.74. The molecule has 0 radical (unpaired) electrons. The van der Waals surface area contributed by atoms with E-state index in [2.05, 4.69) is 0 Å². The van der Waals surface area contributed by atoms with Crippen LogP contribution in [0.2, 0.25) is 0 Å². The SMILES string of the molecule is COc1ccc(C(=O)PC2CCCC2)c(OC)c1.[LiH]. The van der Waals surface area contributed by atoms with Crippen molar-refractivity contribution in [3.05, 3.63) is 23.8 Å². The fourth-order valence-electron chi connectivity index (χ4n) is 2.32. The van der Waals surface area contributed by atoms with Gasteiger partial charge in [-0.15, -0.1) is 0 Å². The van der Waals surface area contributed by atoms with Gasteiger partial charge in [0, 0.05) is 6.07 Å². The van der Waals surface area contributed by atoms with Gasteiger partial charge in [0.15, 0.2) is 5.52 Å². The number of hydrogen-bond donors (Lipinski definition) is 0. The summed E-state index contributed by atoms with van der Waals surface area (Å²) < 4.78 is 10.4. The third-order valence-electron chi connectivity index (χ3n) is 3.34. The second kappa shape index (κ2) is 7.95. The molecule has 2 rings (SSSR count). The summed E-state index contributed by atoms with van der Waals surface area (Å²) in [7, 11) is 3.57. The molecule has 0 heterocycles. The Morgan fingerprint density at radius 3 is 2.47 bits per heavy atom. The zero-order valence-corrected chi connectivity index (χ0v) is 11.9. The van der Waals surface area contributed by atoms with E-state index in [0.717, 1.165) is 0 Å². The van der Waals surface area contributed by atoms with E-state index in [-0.39, 0.29) is 24.4 Å². The van der Waals surface area contributed by atoms with E-state index in [1.54, 1.807) is 20.3 Å². The van der Waals surface area contributed by atoms with Crippen molar-refractivity contribution in [3.63, 3.8) is 0 Å². The van der Waals surface area contributed by atoms with Crippen LogP contribution in [0.25, 0.3) is 0 Å². The molecule has 1 unspecified atom stereocenters. The van der Waals surface area contributed by atoms with Crippen LogP contribution in [0.4, 0.5) is 0 Å². The number of carbonyl (C=O) groups is 1. The minimum atomic E-state index is 0. The summed E-state index contributed by atoms with van der Waals surface area (Å²) >= 11 is 0. The van der Waals surface area contributed by atoms with Gasteiger partial charge in [-0.25, -0.2) is 0 Å². The molecule has 0 aromatic heterocycles. The average Bonchev–Trinajstić information content (AvgIpc) is 2.90. The number of benzene rings is 1. The van der Waals surface area contributed by atoms with Crippen molar-refractivity contribution in [2.24, 2.45) is 0 Å². The summed E-state index contributed by atoms with van der Waals surface area (Å²) in [5, 5.41) is 0. The van der Waals surface area contributed by atoms with Gasteiger partial charge in [-0.05, 0) is 39.2 Å². The van der Waals surface area contributed by atoms with Crippen molar-refractivity contribution in [1.82, 2.24) is 0 Å². The van der Waals surface area contributed by atoms with Crippen molar-refractivity contribution in [2.45, 2.75) is 31.3 Å². The molecule has 1 aromatic carbocycles. The Morgan fingerprint density at radius 1 is 1.21 bits per heavy atom. The minimum absolute atomic E-state index is 0. The van der Waals surface area contributed by atoms with E-state index in [9.17, 15) is 4.79 Å². The predicted molar refractivity (Wildman–Crippen MR) is 81.6 cm³/mol. The van der Waals surface area contributed by atoms with Crippen LogP contribution < -0.4 is 9.47 Å². The van der Waals surface area contributed by atoms with E-state index in [4.69, 9.17) is 9.47 Å². The van der Waals surface area contributed by atoms with Crippen LogP contribution in [0.5, 0.6) is 11.5 Å². The fraction of sp³-hybridized carbons (Fsp3) is 0.500. The first kappa shape index (κ1) is 16.6. The molecular weight excluding hydrogens is 254 g/mol. The molecule has 1 atom stereocenters. The van der Waals surface area contributed by atoms with Gasteiger partial charge >= 0.3 is 18.9 Å². The molecule has 0 N–H and O–H groups in total. The summed E-state index contributed by atoms with van der Waals surface area (Å²) in [5.41, 5.74) is 1.48. The Labute approximate surface area is 128 Å². The Morgan fingerprint density at radius 2 is 1.89 bits per heavy atom. The quantitative estimate of drug-likeness (QED) is 0.612. The van der Waals surface area contributed by atoms with Crippen LogP contribution in [-0.2, 0) is 0 Å². The molecule has 0 spiro atoms. The zero-order chi connectivity index (χ0) is 13.0. The Kier molecular flexibility index (Phi) is 6.93. The van der Waals surface area contributed by atoms with Gasteiger partial charge < -0.3 is 9.47 Å². The van der Waals surface area contributed by atoms with Crippen molar-refractivity contribution in [1.29, 1.82) is 0 Å². The van der Waals surface area contributed by atoms with Gasteiger partial charge in [0.05, 0.1) is 19.8 Å². The van der Waals surface area contributed by atoms with Gasteiger partial charge in [-0.3, -0.25) is 4.79 Å². The average molecular weight is 274 g/mol. The third-order valence-corrected chi connectivity index (χ3v) is 4.86. The summed E-state index contributed by atoms with van der Waals surface area (Å²) in [6, 6.07) is 5.39. The van der Waals surface area contributed by atoms with Crippen LogP contribution in [0.3, 0.4) is 0 Å². The number of methoxy groups -OCH3 is 2. The fourth-order valence-corrected chi connectivity index (χ4v) is 3.75. The van der Waals surface area contributed by atoms with Crippen molar-refractivity contribution in [3.8, 4) is 11.5 Å². The van der Waals surface area contributed by atoms with Crippen molar-refractivity contribution >= 4 is 33.0 Å². The number of carbonyl (C=O) groups excluding carboxylic acids is 1. The van der Waals surface area contributed by atoms with E-state index in [1.165, 1.54) is 25.7 Å². The van der Waals surface area contributed by atoms with Gasteiger partial charge in [0.1, 0.15) is 11.5 Å². The zero-order valence-electron chi connectivity index (χ0n) is 10.9. The third kappa shape index (κ3) is 4.25. The predicted octanol–water partition coefficient (Wildman–Crippen LogP) is 2.82. The standard InChI is InChI=1S/C14H19O3P.Li.H/c1-16-10-7-8-12(13(9-10)17-2)14(15)18-11-5-3-4-6-11;;/h7-9,11,18H,3-6H2,1-2H3;;. The molecule has 1 aromatic rings. The molecule has 19 heavy (non-hydrogen) atoms. The van der Waals surface area contributed by atoms with Gasteiger partial charge in [-0.2, -0.15) is 0 Å². The van der Waals surface area contributed by atoms with Crippen molar-refractivity contribution < 1.29 is 14.3 Å². The number of hydrogen-bond acceptors (Lipinski definition) is 3. The number of ether oxygens (including phenoxy) is 2. The molecule has 100 valence electrons. The van der Waals surface area contributed by atoms with E-state index in [1.807, 2.05) is 12.1 Å². The van der Waals surface area contributed by atoms with Gasteiger partial charge in [0.2, 0.25) is 0 Å². The topological polar surface area (TPSA) is 35.5 Å². The number of rotatable bonds is 5. The van der Waals surface area contributed by atoms with Crippen LogP contribution in [-0.4, -0.2) is 44.3 Å². The first-order valence-electron chi connectivity index (χ1n) is 6.27. The summed E-state index contributed by atoms with van der Waals surface area (Å²) in [6.45, 7) is 0. The Hall–Kier alpha value is -0.483. The van der Waals surface area contributed by atoms with Crippen LogP contribution >= 0.6 is 8.58 Å². The molecule has 5 heteroatoms. The Balaban J connectivity index is 0.00000180. The molecule has 1 aliphatic carbocycles.